The standard InChI is InChI=1S/C17H22ClNO4/c1-9(2)14-11(13-6-10(8-19-13)17(20)21)7-12(18)15-16(14)23-5-3-4-22-15/h7,9-10,13,19H,3-6,8H2,1-2H3,(H,20,21). The first kappa shape index (κ1) is 16.4. The summed E-state index contributed by atoms with van der Waals surface area (Å²) in [4.78, 5) is 11.2. The summed E-state index contributed by atoms with van der Waals surface area (Å²) in [6, 6.07) is 1.88. The average Bonchev–Trinajstić information content (AvgIpc) is 2.86. The summed E-state index contributed by atoms with van der Waals surface area (Å²) in [5, 5.41) is 13.1. The molecule has 0 saturated carbocycles. The molecule has 0 amide bonds. The second kappa shape index (κ2) is 6.57. The molecular formula is C17H22ClNO4. The maximum Gasteiger partial charge on any atom is 0.307 e. The fourth-order valence-corrected chi connectivity index (χ4v) is 3.63. The van der Waals surface area contributed by atoms with Gasteiger partial charge in [-0.05, 0) is 24.0 Å². The highest BCUT2D eigenvalue weighted by atomic mass is 35.5. The van der Waals surface area contributed by atoms with E-state index in [2.05, 4.69) is 19.2 Å². The number of ether oxygens (including phenoxy) is 2. The van der Waals surface area contributed by atoms with Crippen LogP contribution in [-0.4, -0.2) is 30.8 Å². The molecule has 6 heteroatoms. The van der Waals surface area contributed by atoms with Crippen LogP contribution in [0.5, 0.6) is 11.5 Å². The highest BCUT2D eigenvalue weighted by molar-refractivity contribution is 6.32. The Balaban J connectivity index is 2.05. The third kappa shape index (κ3) is 3.12. The Morgan fingerprint density at radius 2 is 2.04 bits per heavy atom. The van der Waals surface area contributed by atoms with E-state index in [0.717, 1.165) is 23.3 Å². The van der Waals surface area contributed by atoms with Gasteiger partial charge in [0.05, 0.1) is 24.2 Å². The van der Waals surface area contributed by atoms with Gasteiger partial charge in [0.15, 0.2) is 11.5 Å². The van der Waals surface area contributed by atoms with Gasteiger partial charge in [-0.1, -0.05) is 25.4 Å². The summed E-state index contributed by atoms with van der Waals surface area (Å²) < 4.78 is 11.7. The number of rotatable bonds is 3. The second-order valence-corrected chi connectivity index (χ2v) is 6.86. The first-order valence-corrected chi connectivity index (χ1v) is 8.45. The van der Waals surface area contributed by atoms with Crippen molar-refractivity contribution in [2.24, 2.45) is 5.92 Å². The molecule has 2 aliphatic heterocycles. The molecule has 23 heavy (non-hydrogen) atoms. The van der Waals surface area contributed by atoms with E-state index in [1.165, 1.54) is 0 Å². The van der Waals surface area contributed by atoms with Crippen LogP contribution in [0.25, 0.3) is 0 Å². The van der Waals surface area contributed by atoms with Crippen LogP contribution >= 0.6 is 11.6 Å². The van der Waals surface area contributed by atoms with Crippen molar-refractivity contribution in [3.05, 3.63) is 22.2 Å². The molecule has 126 valence electrons. The normalized spacial score (nSPS) is 23.8. The van der Waals surface area contributed by atoms with Crippen LogP contribution in [-0.2, 0) is 4.79 Å². The minimum atomic E-state index is -0.758. The maximum absolute atomic E-state index is 11.2. The van der Waals surface area contributed by atoms with Crippen LogP contribution < -0.4 is 14.8 Å². The van der Waals surface area contributed by atoms with Crippen molar-refractivity contribution in [1.29, 1.82) is 0 Å². The monoisotopic (exact) mass is 339 g/mol. The molecular weight excluding hydrogens is 318 g/mol. The van der Waals surface area contributed by atoms with Gasteiger partial charge < -0.3 is 19.9 Å². The molecule has 0 aliphatic carbocycles. The largest absolute Gasteiger partial charge is 0.489 e. The molecule has 0 bridgehead atoms. The Labute approximate surface area is 140 Å². The number of fused-ring (bicyclic) bond motifs is 1. The van der Waals surface area contributed by atoms with Crippen molar-refractivity contribution < 1.29 is 19.4 Å². The maximum atomic E-state index is 11.2. The number of carbonyl (C=O) groups is 1. The summed E-state index contributed by atoms with van der Waals surface area (Å²) in [6.07, 6.45) is 1.38. The summed E-state index contributed by atoms with van der Waals surface area (Å²) in [5.41, 5.74) is 2.09. The van der Waals surface area contributed by atoms with Crippen LogP contribution in [0.3, 0.4) is 0 Å². The van der Waals surface area contributed by atoms with E-state index in [9.17, 15) is 9.90 Å². The molecule has 3 rings (SSSR count). The second-order valence-electron chi connectivity index (χ2n) is 6.46. The lowest BCUT2D eigenvalue weighted by atomic mass is 9.89. The molecule has 2 heterocycles. The zero-order valence-corrected chi connectivity index (χ0v) is 14.2. The first-order chi connectivity index (χ1) is 11.0. The molecule has 1 saturated heterocycles. The van der Waals surface area contributed by atoms with Gasteiger partial charge in [-0.3, -0.25) is 4.79 Å². The van der Waals surface area contributed by atoms with Crippen molar-refractivity contribution in [2.75, 3.05) is 19.8 Å². The van der Waals surface area contributed by atoms with Crippen molar-refractivity contribution in [3.8, 4) is 11.5 Å². The van der Waals surface area contributed by atoms with E-state index < -0.39 is 5.97 Å². The van der Waals surface area contributed by atoms with Gasteiger partial charge in [-0.2, -0.15) is 0 Å². The number of carboxylic acids is 1. The number of hydrogen-bond donors (Lipinski definition) is 2. The molecule has 1 fully saturated rings. The summed E-state index contributed by atoms with van der Waals surface area (Å²) >= 11 is 6.42. The van der Waals surface area contributed by atoms with Crippen LogP contribution in [0.1, 0.15) is 49.8 Å². The van der Waals surface area contributed by atoms with Crippen LogP contribution in [0.15, 0.2) is 6.07 Å². The van der Waals surface area contributed by atoms with E-state index in [1.807, 2.05) is 6.07 Å². The number of nitrogens with one attached hydrogen (secondary N) is 1. The minimum Gasteiger partial charge on any atom is -0.489 e. The average molecular weight is 340 g/mol. The topological polar surface area (TPSA) is 67.8 Å². The van der Waals surface area contributed by atoms with Crippen molar-refractivity contribution in [2.45, 2.75) is 38.6 Å². The van der Waals surface area contributed by atoms with Crippen LogP contribution in [0.4, 0.5) is 0 Å². The van der Waals surface area contributed by atoms with Crippen LogP contribution in [0, 0.1) is 5.92 Å². The van der Waals surface area contributed by atoms with E-state index in [4.69, 9.17) is 21.1 Å². The quantitative estimate of drug-likeness (QED) is 0.883. The fourth-order valence-electron chi connectivity index (χ4n) is 3.37. The molecule has 2 aliphatic rings. The Morgan fingerprint density at radius 1 is 1.35 bits per heavy atom. The number of halogens is 1. The van der Waals surface area contributed by atoms with E-state index in [-0.39, 0.29) is 17.9 Å². The Morgan fingerprint density at radius 3 is 2.65 bits per heavy atom. The molecule has 2 N–H and O–H groups in total. The summed E-state index contributed by atoms with van der Waals surface area (Å²) in [7, 11) is 0. The van der Waals surface area contributed by atoms with E-state index in [1.54, 1.807) is 0 Å². The zero-order valence-electron chi connectivity index (χ0n) is 13.4. The fraction of sp³-hybridized carbons (Fsp3) is 0.588. The van der Waals surface area contributed by atoms with Gasteiger partial charge in [0.2, 0.25) is 0 Å². The number of aliphatic carboxylic acids is 1. The smallest absolute Gasteiger partial charge is 0.307 e. The summed E-state index contributed by atoms with van der Waals surface area (Å²) in [5.74, 6) is 0.440. The lowest BCUT2D eigenvalue weighted by molar-refractivity contribution is -0.141. The SMILES string of the molecule is CC(C)c1c(C2CC(C(=O)O)CN2)cc(Cl)c2c1OCCCO2. The third-order valence-electron chi connectivity index (χ3n) is 4.48. The highest BCUT2D eigenvalue weighted by Gasteiger charge is 2.34. The van der Waals surface area contributed by atoms with Gasteiger partial charge in [0.25, 0.3) is 0 Å². The highest BCUT2D eigenvalue weighted by Crippen LogP contribution is 2.47. The third-order valence-corrected chi connectivity index (χ3v) is 4.76. The van der Waals surface area contributed by atoms with Gasteiger partial charge in [0.1, 0.15) is 0 Å². The van der Waals surface area contributed by atoms with Crippen molar-refractivity contribution >= 4 is 17.6 Å². The lowest BCUT2D eigenvalue weighted by Crippen LogP contribution is -2.18. The van der Waals surface area contributed by atoms with Crippen molar-refractivity contribution in [1.82, 2.24) is 5.32 Å². The molecule has 5 nitrogen and oxygen atoms in total. The van der Waals surface area contributed by atoms with Crippen LogP contribution in [0.2, 0.25) is 5.02 Å². The van der Waals surface area contributed by atoms with Gasteiger partial charge in [-0.15, -0.1) is 0 Å². The van der Waals surface area contributed by atoms with Gasteiger partial charge in [-0.25, -0.2) is 0 Å². The molecule has 1 aromatic carbocycles. The minimum absolute atomic E-state index is 0.0249. The van der Waals surface area contributed by atoms with Gasteiger partial charge >= 0.3 is 5.97 Å². The molecule has 2 atom stereocenters. The number of benzene rings is 1. The first-order valence-electron chi connectivity index (χ1n) is 8.07. The number of hydrogen-bond acceptors (Lipinski definition) is 4. The molecule has 0 spiro atoms. The number of carboxylic acid groups (broad SMARTS) is 1. The lowest BCUT2D eigenvalue weighted by Gasteiger charge is -2.24. The molecule has 1 aromatic rings. The van der Waals surface area contributed by atoms with E-state index >= 15 is 0 Å². The zero-order chi connectivity index (χ0) is 16.6. The Hall–Kier alpha value is -1.46. The predicted molar refractivity (Wildman–Crippen MR) is 87.6 cm³/mol. The Bertz CT molecular complexity index is 617. The van der Waals surface area contributed by atoms with Gasteiger partial charge in [0, 0.05) is 24.6 Å². The predicted octanol–water partition coefficient (Wildman–Crippen LogP) is 3.36. The summed E-state index contributed by atoms with van der Waals surface area (Å²) in [6.45, 7) is 5.87. The molecule has 2 unspecified atom stereocenters. The Kier molecular flexibility index (Phi) is 4.69. The molecule has 0 radical (unpaired) electrons. The van der Waals surface area contributed by atoms with Crippen molar-refractivity contribution in [3.63, 3.8) is 0 Å². The van der Waals surface area contributed by atoms with E-state index in [0.29, 0.717) is 37.0 Å². The molecule has 0 aromatic heterocycles.